The fraction of sp³-hybridized carbons (Fsp3) is 0.893. The van der Waals surface area contributed by atoms with Crippen LogP contribution in [0.25, 0.3) is 0 Å². The molecule has 37 heavy (non-hydrogen) atoms. The van der Waals surface area contributed by atoms with Crippen molar-refractivity contribution in [1.29, 1.82) is 0 Å². The summed E-state index contributed by atoms with van der Waals surface area (Å²) in [6.07, 6.45) is 14.6. The van der Waals surface area contributed by atoms with Gasteiger partial charge in [0.15, 0.2) is 0 Å². The summed E-state index contributed by atoms with van der Waals surface area (Å²) in [4.78, 5) is 34.2. The van der Waals surface area contributed by atoms with Crippen molar-refractivity contribution >= 4 is 18.2 Å². The third kappa shape index (κ3) is 18.0. The molecule has 0 aromatic heterocycles. The molecule has 2 aliphatic rings. The third-order valence-corrected chi connectivity index (χ3v) is 6.26. The van der Waals surface area contributed by atoms with Crippen LogP contribution < -0.4 is 16.0 Å². The molecule has 4 N–H and O–H groups in total. The number of carbonyl (C=O) groups is 3. The van der Waals surface area contributed by atoms with Crippen LogP contribution in [-0.4, -0.2) is 59.1 Å². The fourth-order valence-electron chi connectivity index (χ4n) is 4.56. The van der Waals surface area contributed by atoms with E-state index in [1.807, 2.05) is 0 Å². The van der Waals surface area contributed by atoms with Crippen molar-refractivity contribution in [3.05, 3.63) is 0 Å². The zero-order valence-electron chi connectivity index (χ0n) is 24.1. The highest BCUT2D eigenvalue weighted by atomic mass is 16.6. The van der Waals surface area contributed by atoms with Gasteiger partial charge in [-0.2, -0.15) is 0 Å². The van der Waals surface area contributed by atoms with E-state index >= 15 is 0 Å². The van der Waals surface area contributed by atoms with Gasteiger partial charge in [0.2, 0.25) is 0 Å². The van der Waals surface area contributed by atoms with Crippen molar-refractivity contribution in [2.75, 3.05) is 6.54 Å². The fourth-order valence-corrected chi connectivity index (χ4v) is 4.56. The maximum Gasteiger partial charge on any atom is 0.408 e. The van der Waals surface area contributed by atoms with Crippen molar-refractivity contribution < 1.29 is 29.0 Å². The molecule has 1 atom stereocenters. The van der Waals surface area contributed by atoms with Crippen LogP contribution in [0.4, 0.5) is 9.59 Å². The Balaban J connectivity index is 0.000000435. The van der Waals surface area contributed by atoms with Gasteiger partial charge in [0.05, 0.1) is 0 Å². The number of rotatable bonds is 9. The molecule has 0 aromatic carbocycles. The van der Waals surface area contributed by atoms with E-state index < -0.39 is 35.4 Å². The molecule has 216 valence electrons. The summed E-state index contributed by atoms with van der Waals surface area (Å²) in [5.41, 5.74) is -1.25. The summed E-state index contributed by atoms with van der Waals surface area (Å²) < 4.78 is 10.1. The van der Waals surface area contributed by atoms with Crippen LogP contribution >= 0.6 is 0 Å². The Labute approximate surface area is 224 Å². The highest BCUT2D eigenvalue weighted by Gasteiger charge is 2.24. The van der Waals surface area contributed by atoms with Crippen LogP contribution in [0, 0.1) is 0 Å². The molecule has 2 aliphatic carbocycles. The number of nitrogens with one attached hydrogen (secondary N) is 3. The Kier molecular flexibility index (Phi) is 14.9. The van der Waals surface area contributed by atoms with Gasteiger partial charge in [0, 0.05) is 18.6 Å². The average molecular weight is 528 g/mol. The highest BCUT2D eigenvalue weighted by Crippen LogP contribution is 2.22. The van der Waals surface area contributed by atoms with Crippen LogP contribution in [0.1, 0.15) is 125 Å². The second kappa shape index (κ2) is 16.7. The number of amides is 2. The Morgan fingerprint density at radius 2 is 1.22 bits per heavy atom. The highest BCUT2D eigenvalue weighted by molar-refractivity contribution is 5.79. The predicted molar refractivity (Wildman–Crippen MR) is 146 cm³/mol. The van der Waals surface area contributed by atoms with E-state index in [0.717, 1.165) is 12.1 Å². The second-order valence-corrected chi connectivity index (χ2v) is 12.3. The molecule has 0 bridgehead atoms. The Hall–Kier alpha value is -2.03. The zero-order chi connectivity index (χ0) is 27.9. The maximum atomic E-state index is 11.6. The number of alkyl carbamates (subject to hydrolysis) is 2. The molecule has 0 aliphatic heterocycles. The number of aliphatic carboxylic acids is 1. The minimum atomic E-state index is -1.12. The van der Waals surface area contributed by atoms with E-state index in [4.69, 9.17) is 14.6 Å². The molecule has 0 saturated heterocycles. The standard InChI is InChI=1S/C16H30N2O6.C12H23N/c1-15(2,3)23-13(21)17-10-8-7-9-11(12(19)20)18-14(22)24-16(4,5)6;1-3-7-11(8-4-1)13-12-9-5-2-6-10-12/h11H,7-10H2,1-6H3,(H,17,21)(H,18,22)(H,19,20);11-13H,1-10H2/t11-;/m1./s1. The van der Waals surface area contributed by atoms with Gasteiger partial charge >= 0.3 is 18.2 Å². The lowest BCUT2D eigenvalue weighted by atomic mass is 9.91. The minimum absolute atomic E-state index is 0.241. The summed E-state index contributed by atoms with van der Waals surface area (Å²) in [7, 11) is 0. The maximum absolute atomic E-state index is 11.6. The number of unbranched alkanes of at least 4 members (excludes halogenated alkanes) is 1. The Bertz CT molecular complexity index is 658. The number of ether oxygens (including phenoxy) is 2. The smallest absolute Gasteiger partial charge is 0.408 e. The van der Waals surface area contributed by atoms with Gasteiger partial charge < -0.3 is 30.5 Å². The third-order valence-electron chi connectivity index (χ3n) is 6.26. The number of carboxylic acids is 1. The van der Waals surface area contributed by atoms with Crippen molar-refractivity contribution in [1.82, 2.24) is 16.0 Å². The molecule has 0 radical (unpaired) electrons. The first-order chi connectivity index (χ1) is 17.2. The van der Waals surface area contributed by atoms with Crippen LogP contribution in [-0.2, 0) is 14.3 Å². The van der Waals surface area contributed by atoms with Gasteiger partial charge in [-0.05, 0) is 86.5 Å². The van der Waals surface area contributed by atoms with Gasteiger partial charge in [0.1, 0.15) is 17.2 Å². The van der Waals surface area contributed by atoms with Crippen LogP contribution in [0.15, 0.2) is 0 Å². The summed E-state index contributed by atoms with van der Waals surface area (Å²) in [5.74, 6) is -1.12. The molecule has 0 spiro atoms. The molecule has 0 aromatic rings. The molecule has 0 heterocycles. The lowest BCUT2D eigenvalue weighted by Crippen LogP contribution is -2.43. The van der Waals surface area contributed by atoms with Crippen molar-refractivity contribution in [3.8, 4) is 0 Å². The van der Waals surface area contributed by atoms with E-state index in [1.165, 1.54) is 64.2 Å². The van der Waals surface area contributed by atoms with Gasteiger partial charge in [-0.15, -0.1) is 0 Å². The average Bonchev–Trinajstić information content (AvgIpc) is 2.77. The summed E-state index contributed by atoms with van der Waals surface area (Å²) in [5, 5.41) is 17.9. The Morgan fingerprint density at radius 3 is 1.65 bits per heavy atom. The zero-order valence-corrected chi connectivity index (χ0v) is 24.1. The van der Waals surface area contributed by atoms with Crippen LogP contribution in [0.2, 0.25) is 0 Å². The molecule has 2 rings (SSSR count). The van der Waals surface area contributed by atoms with Crippen LogP contribution in [0.5, 0.6) is 0 Å². The molecule has 2 fully saturated rings. The van der Waals surface area contributed by atoms with E-state index in [9.17, 15) is 14.4 Å². The lowest BCUT2D eigenvalue weighted by Gasteiger charge is -2.30. The topological polar surface area (TPSA) is 126 Å². The molecular weight excluding hydrogens is 474 g/mol. The molecule has 2 saturated carbocycles. The van der Waals surface area contributed by atoms with Gasteiger partial charge in [-0.25, -0.2) is 14.4 Å². The van der Waals surface area contributed by atoms with Gasteiger partial charge in [-0.3, -0.25) is 0 Å². The molecule has 9 nitrogen and oxygen atoms in total. The number of hydrogen-bond acceptors (Lipinski definition) is 6. The van der Waals surface area contributed by atoms with E-state index in [1.54, 1.807) is 41.5 Å². The number of carboxylic acid groups (broad SMARTS) is 1. The first kappa shape index (κ1) is 33.0. The summed E-state index contributed by atoms with van der Waals surface area (Å²) in [6, 6.07) is 0.718. The predicted octanol–water partition coefficient (Wildman–Crippen LogP) is 5.90. The van der Waals surface area contributed by atoms with E-state index in [-0.39, 0.29) is 6.42 Å². The van der Waals surface area contributed by atoms with Gasteiger partial charge in [-0.1, -0.05) is 38.5 Å². The number of hydrogen-bond donors (Lipinski definition) is 4. The summed E-state index contributed by atoms with van der Waals surface area (Å²) in [6.45, 7) is 10.8. The van der Waals surface area contributed by atoms with Crippen molar-refractivity contribution in [2.45, 2.75) is 154 Å². The molecule has 2 amide bonds. The first-order valence-electron chi connectivity index (χ1n) is 14.2. The normalized spacial score (nSPS) is 18.1. The number of carbonyl (C=O) groups excluding carboxylic acids is 2. The van der Waals surface area contributed by atoms with Crippen molar-refractivity contribution in [3.63, 3.8) is 0 Å². The van der Waals surface area contributed by atoms with Crippen LogP contribution in [0.3, 0.4) is 0 Å². The van der Waals surface area contributed by atoms with Gasteiger partial charge in [0.25, 0.3) is 0 Å². The Morgan fingerprint density at radius 1 is 0.757 bits per heavy atom. The molecule has 9 heteroatoms. The largest absolute Gasteiger partial charge is 0.480 e. The SMILES string of the molecule is C1CCC(NC2CCCCC2)CC1.CC(C)(C)OC(=O)NCCCC[C@@H](NC(=O)OC(C)(C)C)C(=O)O. The lowest BCUT2D eigenvalue weighted by molar-refractivity contribution is -0.139. The van der Waals surface area contributed by atoms with E-state index in [2.05, 4.69) is 16.0 Å². The summed E-state index contributed by atoms with van der Waals surface area (Å²) >= 11 is 0. The van der Waals surface area contributed by atoms with Crippen molar-refractivity contribution in [2.24, 2.45) is 0 Å². The first-order valence-corrected chi connectivity index (χ1v) is 14.2. The monoisotopic (exact) mass is 527 g/mol. The quantitative estimate of drug-likeness (QED) is 0.275. The second-order valence-electron chi connectivity index (χ2n) is 12.3. The minimum Gasteiger partial charge on any atom is -0.480 e. The molecular formula is C28H53N3O6. The van der Waals surface area contributed by atoms with E-state index in [0.29, 0.717) is 19.4 Å². The molecule has 0 unspecified atom stereocenters.